The Morgan fingerprint density at radius 3 is 2.85 bits per heavy atom. The summed E-state index contributed by atoms with van der Waals surface area (Å²) in [5, 5.41) is 2.94. The number of carbonyl (C=O) groups excluding carboxylic acids is 2. The molecule has 1 heterocycles. The fourth-order valence-electron chi connectivity index (χ4n) is 2.32. The molecule has 2 atom stereocenters. The van der Waals surface area contributed by atoms with Crippen LogP contribution >= 0.6 is 0 Å². The summed E-state index contributed by atoms with van der Waals surface area (Å²) in [6.07, 6.45) is 2.04. The number of hydrogen-bond acceptors (Lipinski definition) is 6. The molecule has 2 aliphatic rings. The highest BCUT2D eigenvalue weighted by Gasteiger charge is 2.38. The molecule has 2 amide bonds. The molecule has 8 nitrogen and oxygen atoms in total. The lowest BCUT2D eigenvalue weighted by Crippen LogP contribution is -2.62. The molecule has 1 aliphatic carbocycles. The van der Waals surface area contributed by atoms with E-state index in [1.165, 1.54) is 7.11 Å². The Bertz CT molecular complexity index is 361. The van der Waals surface area contributed by atoms with Gasteiger partial charge in [0.1, 0.15) is 12.1 Å². The average molecular weight is 286 g/mol. The predicted molar refractivity (Wildman–Crippen MR) is 70.5 cm³/mol. The molecule has 0 spiro atoms. The lowest BCUT2D eigenvalue weighted by atomic mass is 10.1. The van der Waals surface area contributed by atoms with E-state index in [4.69, 9.17) is 15.3 Å². The molecule has 1 saturated heterocycles. The fourth-order valence-corrected chi connectivity index (χ4v) is 2.32. The largest absolute Gasteiger partial charge is 0.383 e. The minimum atomic E-state index is -0.594. The van der Waals surface area contributed by atoms with Gasteiger partial charge in [-0.25, -0.2) is 5.84 Å². The van der Waals surface area contributed by atoms with Gasteiger partial charge in [0.15, 0.2) is 0 Å². The normalized spacial score (nSPS) is 25.0. The first-order valence-electron chi connectivity index (χ1n) is 6.80. The number of morpholine rings is 1. The zero-order valence-electron chi connectivity index (χ0n) is 11.6. The van der Waals surface area contributed by atoms with Crippen LogP contribution in [-0.4, -0.2) is 68.3 Å². The maximum absolute atomic E-state index is 12.2. The molecule has 0 aromatic heterocycles. The summed E-state index contributed by atoms with van der Waals surface area (Å²) in [4.78, 5) is 25.9. The summed E-state index contributed by atoms with van der Waals surface area (Å²) in [6, 6.07) is -0.805. The number of hydrazine groups is 1. The third-order valence-electron chi connectivity index (χ3n) is 3.57. The first-order valence-corrected chi connectivity index (χ1v) is 6.80. The van der Waals surface area contributed by atoms with Crippen molar-refractivity contribution >= 4 is 11.8 Å². The fraction of sp³-hybridized carbons (Fsp3) is 0.833. The molecule has 0 radical (unpaired) electrons. The maximum atomic E-state index is 12.2. The molecule has 0 bridgehead atoms. The van der Waals surface area contributed by atoms with Crippen LogP contribution in [0.4, 0.5) is 0 Å². The van der Waals surface area contributed by atoms with Crippen LogP contribution in [0.15, 0.2) is 0 Å². The summed E-state index contributed by atoms with van der Waals surface area (Å²) in [5.74, 6) is 4.75. The van der Waals surface area contributed by atoms with E-state index in [1.807, 2.05) is 0 Å². The van der Waals surface area contributed by atoms with Crippen molar-refractivity contribution in [3.05, 3.63) is 0 Å². The van der Waals surface area contributed by atoms with Gasteiger partial charge in [-0.3, -0.25) is 19.9 Å². The van der Waals surface area contributed by atoms with Crippen LogP contribution in [0.2, 0.25) is 0 Å². The first-order chi connectivity index (χ1) is 9.67. The van der Waals surface area contributed by atoms with E-state index in [0.29, 0.717) is 13.2 Å². The van der Waals surface area contributed by atoms with Gasteiger partial charge in [0.25, 0.3) is 5.91 Å². The number of nitrogens with one attached hydrogen (secondary N) is 2. The quantitative estimate of drug-likeness (QED) is 0.295. The number of amides is 2. The number of nitrogens with two attached hydrogens (primary N) is 1. The number of methoxy groups -OCH3 is 1. The van der Waals surface area contributed by atoms with Gasteiger partial charge in [-0.15, -0.1) is 0 Å². The molecule has 20 heavy (non-hydrogen) atoms. The molecular formula is C12H22N4O4. The predicted octanol–water partition coefficient (Wildman–Crippen LogP) is -2.03. The van der Waals surface area contributed by atoms with Crippen molar-refractivity contribution in [2.24, 2.45) is 5.84 Å². The number of rotatable bonds is 6. The Kier molecular flexibility index (Phi) is 5.30. The summed E-state index contributed by atoms with van der Waals surface area (Å²) in [6.45, 7) is 1.42. The number of hydrogen-bond donors (Lipinski definition) is 3. The van der Waals surface area contributed by atoms with E-state index >= 15 is 0 Å². The van der Waals surface area contributed by atoms with Gasteiger partial charge < -0.3 is 14.8 Å². The standard InChI is InChI=1S/C12H22N4O4/c1-19-6-9(12(18)15-13)16-4-5-20-7-10(16)11(17)14-8-2-3-8/h8-10H,2-7,13H2,1H3,(H,14,17)(H,15,18). The third-order valence-corrected chi connectivity index (χ3v) is 3.57. The molecule has 2 unspecified atom stereocenters. The number of ether oxygens (including phenoxy) is 2. The van der Waals surface area contributed by atoms with E-state index in [0.717, 1.165) is 12.8 Å². The maximum Gasteiger partial charge on any atom is 0.253 e. The van der Waals surface area contributed by atoms with E-state index < -0.39 is 12.1 Å². The van der Waals surface area contributed by atoms with Crippen LogP contribution in [0, 0.1) is 0 Å². The van der Waals surface area contributed by atoms with Crippen LogP contribution in [-0.2, 0) is 19.1 Å². The topological polar surface area (TPSA) is 106 Å². The van der Waals surface area contributed by atoms with Gasteiger partial charge in [0, 0.05) is 19.7 Å². The van der Waals surface area contributed by atoms with Gasteiger partial charge in [-0.05, 0) is 12.8 Å². The van der Waals surface area contributed by atoms with Crippen molar-refractivity contribution in [3.63, 3.8) is 0 Å². The molecular weight excluding hydrogens is 264 g/mol. The van der Waals surface area contributed by atoms with Crippen LogP contribution in [0.5, 0.6) is 0 Å². The highest BCUT2D eigenvalue weighted by molar-refractivity contribution is 5.85. The van der Waals surface area contributed by atoms with Crippen molar-refractivity contribution < 1.29 is 19.1 Å². The Morgan fingerprint density at radius 1 is 1.50 bits per heavy atom. The molecule has 114 valence electrons. The molecule has 0 aromatic rings. The van der Waals surface area contributed by atoms with Crippen LogP contribution in [0.25, 0.3) is 0 Å². The minimum Gasteiger partial charge on any atom is -0.383 e. The Hall–Kier alpha value is -1.22. The van der Waals surface area contributed by atoms with E-state index in [2.05, 4.69) is 10.7 Å². The van der Waals surface area contributed by atoms with Crippen molar-refractivity contribution in [3.8, 4) is 0 Å². The molecule has 8 heteroatoms. The molecule has 2 rings (SSSR count). The Morgan fingerprint density at radius 2 is 2.25 bits per heavy atom. The first kappa shape index (κ1) is 15.2. The van der Waals surface area contributed by atoms with Crippen LogP contribution in [0.3, 0.4) is 0 Å². The molecule has 1 saturated carbocycles. The zero-order valence-corrected chi connectivity index (χ0v) is 11.6. The second-order valence-electron chi connectivity index (χ2n) is 5.09. The summed E-state index contributed by atoms with van der Waals surface area (Å²) in [5.41, 5.74) is 2.13. The van der Waals surface area contributed by atoms with Gasteiger partial charge in [0.2, 0.25) is 5.91 Å². The van der Waals surface area contributed by atoms with Crippen molar-refractivity contribution in [1.82, 2.24) is 15.6 Å². The SMILES string of the molecule is COCC(C(=O)NN)N1CCOCC1C(=O)NC1CC1. The van der Waals surface area contributed by atoms with E-state index in [1.54, 1.807) is 4.90 Å². The van der Waals surface area contributed by atoms with Gasteiger partial charge in [0.05, 0.1) is 19.8 Å². The molecule has 4 N–H and O–H groups in total. The van der Waals surface area contributed by atoms with Gasteiger partial charge in [-0.1, -0.05) is 0 Å². The highest BCUT2D eigenvalue weighted by Crippen LogP contribution is 2.20. The minimum absolute atomic E-state index is 0.0990. The van der Waals surface area contributed by atoms with Crippen molar-refractivity contribution in [2.45, 2.75) is 31.0 Å². The Balaban J connectivity index is 2.06. The zero-order chi connectivity index (χ0) is 14.5. The number of carbonyl (C=O) groups is 2. The van der Waals surface area contributed by atoms with E-state index in [-0.39, 0.29) is 31.1 Å². The highest BCUT2D eigenvalue weighted by atomic mass is 16.5. The smallest absolute Gasteiger partial charge is 0.253 e. The summed E-state index contributed by atoms with van der Waals surface area (Å²) >= 11 is 0. The van der Waals surface area contributed by atoms with Crippen molar-refractivity contribution in [2.75, 3.05) is 33.5 Å². The van der Waals surface area contributed by atoms with Crippen molar-refractivity contribution in [1.29, 1.82) is 0 Å². The van der Waals surface area contributed by atoms with Gasteiger partial charge >= 0.3 is 0 Å². The Labute approximate surface area is 117 Å². The summed E-state index contributed by atoms with van der Waals surface area (Å²) < 4.78 is 10.4. The van der Waals surface area contributed by atoms with E-state index in [9.17, 15) is 9.59 Å². The number of nitrogens with zero attached hydrogens (tertiary/aromatic N) is 1. The molecule has 0 aromatic carbocycles. The monoisotopic (exact) mass is 286 g/mol. The molecule has 1 aliphatic heterocycles. The van der Waals surface area contributed by atoms with Gasteiger partial charge in [-0.2, -0.15) is 0 Å². The van der Waals surface area contributed by atoms with Crippen LogP contribution < -0.4 is 16.6 Å². The molecule has 2 fully saturated rings. The third kappa shape index (κ3) is 3.66. The lowest BCUT2D eigenvalue weighted by molar-refractivity contribution is -0.142. The summed E-state index contributed by atoms with van der Waals surface area (Å²) in [7, 11) is 1.51. The van der Waals surface area contributed by atoms with Crippen LogP contribution in [0.1, 0.15) is 12.8 Å². The second kappa shape index (κ2) is 6.98. The average Bonchev–Trinajstić information content (AvgIpc) is 3.28. The lowest BCUT2D eigenvalue weighted by Gasteiger charge is -2.38. The second-order valence-corrected chi connectivity index (χ2v) is 5.09.